The topological polar surface area (TPSA) is 50.9 Å². The molecule has 0 bridgehead atoms. The fourth-order valence-electron chi connectivity index (χ4n) is 1.95. The van der Waals surface area contributed by atoms with Gasteiger partial charge in [-0.2, -0.15) is 0 Å². The van der Waals surface area contributed by atoms with Gasteiger partial charge in [0, 0.05) is 35.4 Å². The lowest BCUT2D eigenvalue weighted by atomic mass is 10.1. The Kier molecular flexibility index (Phi) is 4.33. The lowest BCUT2D eigenvalue weighted by Gasteiger charge is -2.09. The van der Waals surface area contributed by atoms with Gasteiger partial charge >= 0.3 is 0 Å². The average Bonchev–Trinajstić information content (AvgIpc) is 2.39. The molecule has 1 aromatic carbocycles. The number of nitrogens with one attached hydrogen (secondary N) is 1. The summed E-state index contributed by atoms with van der Waals surface area (Å²) in [4.78, 5) is 4.13. The number of hydrogen-bond donors (Lipinski definition) is 2. The van der Waals surface area contributed by atoms with E-state index in [9.17, 15) is 0 Å². The number of aromatic nitrogens is 1. The number of fused-ring (bicyclic) bond motifs is 1. The molecule has 3 nitrogen and oxygen atoms in total. The van der Waals surface area contributed by atoms with E-state index in [0.717, 1.165) is 19.5 Å². The first-order valence-corrected chi connectivity index (χ1v) is 6.18. The second kappa shape index (κ2) is 6.21. The Labute approximate surface area is 102 Å². The van der Waals surface area contributed by atoms with Crippen molar-refractivity contribution in [1.29, 1.82) is 0 Å². The number of anilines is 1. The normalized spacial score (nSPS) is 10.6. The van der Waals surface area contributed by atoms with E-state index in [1.54, 1.807) is 0 Å². The maximum Gasteiger partial charge on any atom is 0.0420 e. The summed E-state index contributed by atoms with van der Waals surface area (Å²) in [5.41, 5.74) is 6.66. The number of hydrogen-bond acceptors (Lipinski definition) is 3. The van der Waals surface area contributed by atoms with Gasteiger partial charge in [0.25, 0.3) is 0 Å². The molecular weight excluding hydrogens is 210 g/mol. The van der Waals surface area contributed by atoms with Gasteiger partial charge in [-0.3, -0.25) is 4.98 Å². The van der Waals surface area contributed by atoms with E-state index >= 15 is 0 Å². The van der Waals surface area contributed by atoms with Crippen LogP contribution in [-0.4, -0.2) is 18.1 Å². The van der Waals surface area contributed by atoms with Gasteiger partial charge in [-0.15, -0.1) is 0 Å². The van der Waals surface area contributed by atoms with Crippen molar-refractivity contribution in [3.05, 3.63) is 36.7 Å². The van der Waals surface area contributed by atoms with Crippen LogP contribution in [0.1, 0.15) is 19.3 Å². The molecule has 90 valence electrons. The molecule has 0 atom stereocenters. The highest BCUT2D eigenvalue weighted by atomic mass is 14.9. The third-order valence-corrected chi connectivity index (χ3v) is 2.88. The summed E-state index contributed by atoms with van der Waals surface area (Å²) < 4.78 is 0. The molecule has 0 aliphatic rings. The van der Waals surface area contributed by atoms with E-state index in [0.29, 0.717) is 0 Å². The largest absolute Gasteiger partial charge is 0.385 e. The van der Waals surface area contributed by atoms with Crippen molar-refractivity contribution in [1.82, 2.24) is 4.98 Å². The first kappa shape index (κ1) is 11.9. The number of unbranched alkanes of at least 4 members (excludes halogenated alkanes) is 2. The molecule has 0 aliphatic heterocycles. The molecule has 2 aromatic rings. The monoisotopic (exact) mass is 229 g/mol. The summed E-state index contributed by atoms with van der Waals surface area (Å²) >= 11 is 0. The highest BCUT2D eigenvalue weighted by Crippen LogP contribution is 2.21. The number of rotatable bonds is 6. The van der Waals surface area contributed by atoms with Crippen molar-refractivity contribution in [2.24, 2.45) is 5.73 Å². The predicted octanol–water partition coefficient (Wildman–Crippen LogP) is 2.78. The van der Waals surface area contributed by atoms with E-state index in [2.05, 4.69) is 34.6 Å². The number of nitrogens with zero attached hydrogens (tertiary/aromatic N) is 1. The van der Waals surface area contributed by atoms with Crippen LogP contribution in [-0.2, 0) is 0 Å². The second-order valence-electron chi connectivity index (χ2n) is 4.18. The maximum absolute atomic E-state index is 5.47. The number of nitrogens with two attached hydrogens (primary N) is 1. The Morgan fingerprint density at radius 2 is 2.06 bits per heavy atom. The Bertz CT molecular complexity index is 462. The van der Waals surface area contributed by atoms with Gasteiger partial charge in [-0.25, -0.2) is 0 Å². The van der Waals surface area contributed by atoms with Crippen LogP contribution >= 0.6 is 0 Å². The fraction of sp³-hybridized carbons (Fsp3) is 0.357. The standard InChI is InChI=1S/C14H19N3/c15-8-2-1-3-9-17-14-6-4-5-12-11-16-10-7-13(12)14/h4-7,10-11,17H,1-3,8-9,15H2. The minimum atomic E-state index is 0.792. The molecule has 3 heteroatoms. The molecule has 0 saturated carbocycles. The zero-order valence-electron chi connectivity index (χ0n) is 10.0. The van der Waals surface area contributed by atoms with Crippen molar-refractivity contribution in [2.45, 2.75) is 19.3 Å². The van der Waals surface area contributed by atoms with Crippen molar-refractivity contribution in [3.63, 3.8) is 0 Å². The van der Waals surface area contributed by atoms with Crippen LogP contribution in [0.3, 0.4) is 0 Å². The van der Waals surface area contributed by atoms with Crippen LogP contribution < -0.4 is 11.1 Å². The van der Waals surface area contributed by atoms with Crippen LogP contribution in [0.25, 0.3) is 10.8 Å². The van der Waals surface area contributed by atoms with Gasteiger partial charge in [0.15, 0.2) is 0 Å². The summed E-state index contributed by atoms with van der Waals surface area (Å²) in [5, 5.41) is 5.90. The van der Waals surface area contributed by atoms with Crippen LogP contribution in [0, 0.1) is 0 Å². The highest BCUT2D eigenvalue weighted by Gasteiger charge is 1.99. The van der Waals surface area contributed by atoms with Crippen LogP contribution in [0.2, 0.25) is 0 Å². The highest BCUT2D eigenvalue weighted by molar-refractivity contribution is 5.93. The van der Waals surface area contributed by atoms with Crippen molar-refractivity contribution in [3.8, 4) is 0 Å². The summed E-state index contributed by atoms with van der Waals surface area (Å²) in [7, 11) is 0. The molecule has 0 fully saturated rings. The van der Waals surface area contributed by atoms with E-state index in [-0.39, 0.29) is 0 Å². The van der Waals surface area contributed by atoms with Crippen molar-refractivity contribution >= 4 is 16.5 Å². The van der Waals surface area contributed by atoms with E-state index < -0.39 is 0 Å². The van der Waals surface area contributed by atoms with Gasteiger partial charge < -0.3 is 11.1 Å². The summed E-state index contributed by atoms with van der Waals surface area (Å²) in [5.74, 6) is 0. The number of pyridine rings is 1. The first-order valence-electron chi connectivity index (χ1n) is 6.18. The first-order chi connectivity index (χ1) is 8.42. The van der Waals surface area contributed by atoms with Gasteiger partial charge in [0.05, 0.1) is 0 Å². The zero-order valence-corrected chi connectivity index (χ0v) is 10.0. The molecule has 0 unspecified atom stereocenters. The van der Waals surface area contributed by atoms with Crippen molar-refractivity contribution in [2.75, 3.05) is 18.4 Å². The molecule has 0 saturated heterocycles. The summed E-state index contributed by atoms with van der Waals surface area (Å²) in [6.07, 6.45) is 7.20. The molecule has 0 spiro atoms. The van der Waals surface area contributed by atoms with Gasteiger partial charge in [-0.1, -0.05) is 18.6 Å². The van der Waals surface area contributed by atoms with E-state index in [1.807, 2.05) is 12.4 Å². The third-order valence-electron chi connectivity index (χ3n) is 2.88. The molecule has 1 heterocycles. The predicted molar refractivity (Wildman–Crippen MR) is 73.1 cm³/mol. The lowest BCUT2D eigenvalue weighted by molar-refractivity contribution is 0.707. The smallest absolute Gasteiger partial charge is 0.0420 e. The van der Waals surface area contributed by atoms with E-state index in [1.165, 1.54) is 29.3 Å². The molecule has 0 aliphatic carbocycles. The molecule has 3 N–H and O–H groups in total. The molecule has 2 rings (SSSR count). The quantitative estimate of drug-likeness (QED) is 0.749. The lowest BCUT2D eigenvalue weighted by Crippen LogP contribution is -2.04. The van der Waals surface area contributed by atoms with E-state index in [4.69, 9.17) is 5.73 Å². The fourth-order valence-corrected chi connectivity index (χ4v) is 1.95. The molecule has 1 aromatic heterocycles. The Morgan fingerprint density at radius 1 is 1.12 bits per heavy atom. The average molecular weight is 229 g/mol. The maximum atomic E-state index is 5.47. The van der Waals surface area contributed by atoms with Crippen LogP contribution in [0.15, 0.2) is 36.7 Å². The Morgan fingerprint density at radius 3 is 2.94 bits per heavy atom. The van der Waals surface area contributed by atoms with Crippen LogP contribution in [0.5, 0.6) is 0 Å². The Balaban J connectivity index is 1.98. The summed E-state index contributed by atoms with van der Waals surface area (Å²) in [6, 6.07) is 8.32. The van der Waals surface area contributed by atoms with Gasteiger partial charge in [0.1, 0.15) is 0 Å². The third kappa shape index (κ3) is 3.17. The minimum Gasteiger partial charge on any atom is -0.385 e. The SMILES string of the molecule is NCCCCCNc1cccc2cnccc12. The molecular formula is C14H19N3. The molecule has 0 radical (unpaired) electrons. The molecule has 0 amide bonds. The number of benzene rings is 1. The minimum absolute atomic E-state index is 0.792. The second-order valence-corrected chi connectivity index (χ2v) is 4.18. The van der Waals surface area contributed by atoms with Crippen LogP contribution in [0.4, 0.5) is 5.69 Å². The van der Waals surface area contributed by atoms with Gasteiger partial charge in [0.2, 0.25) is 0 Å². The molecule has 17 heavy (non-hydrogen) atoms. The zero-order chi connectivity index (χ0) is 11.9. The van der Waals surface area contributed by atoms with Crippen molar-refractivity contribution < 1.29 is 0 Å². The Hall–Kier alpha value is -1.61. The summed E-state index contributed by atoms with van der Waals surface area (Å²) in [6.45, 7) is 1.79. The van der Waals surface area contributed by atoms with Gasteiger partial charge in [-0.05, 0) is 31.5 Å².